The first-order valence-corrected chi connectivity index (χ1v) is 5.14. The third-order valence-corrected chi connectivity index (χ3v) is 3.95. The second-order valence-electron chi connectivity index (χ2n) is 4.97. The number of carbonyl (C=O) groups excluding carboxylic acids is 1. The van der Waals surface area contributed by atoms with Crippen molar-refractivity contribution in [1.29, 1.82) is 0 Å². The monoisotopic (exact) mass is 166 g/mol. The van der Waals surface area contributed by atoms with E-state index in [-0.39, 0.29) is 5.41 Å². The molecule has 3 aliphatic rings. The fourth-order valence-electron chi connectivity index (χ4n) is 3.19. The topological polar surface area (TPSA) is 17.1 Å². The Hall–Kier alpha value is -0.330. The fourth-order valence-corrected chi connectivity index (χ4v) is 3.19. The molecule has 3 aliphatic carbocycles. The van der Waals surface area contributed by atoms with Gasteiger partial charge in [0.2, 0.25) is 0 Å². The van der Waals surface area contributed by atoms with E-state index in [0.717, 1.165) is 0 Å². The van der Waals surface area contributed by atoms with Crippen molar-refractivity contribution in [3.8, 4) is 0 Å². The van der Waals surface area contributed by atoms with Crippen molar-refractivity contribution in [3.63, 3.8) is 0 Å². The number of hydrogen-bond acceptors (Lipinski definition) is 1. The van der Waals surface area contributed by atoms with E-state index in [1.165, 1.54) is 38.5 Å². The molecule has 0 spiro atoms. The molecule has 0 aromatic rings. The van der Waals surface area contributed by atoms with Gasteiger partial charge in [-0.1, -0.05) is 19.8 Å². The largest absolute Gasteiger partial charge is 0.299 e. The van der Waals surface area contributed by atoms with Crippen molar-refractivity contribution in [3.05, 3.63) is 0 Å². The highest BCUT2D eigenvalue weighted by Gasteiger charge is 2.68. The van der Waals surface area contributed by atoms with Crippen LogP contribution < -0.4 is 0 Å². The van der Waals surface area contributed by atoms with Crippen molar-refractivity contribution < 1.29 is 4.79 Å². The number of unbranched alkanes of at least 4 members (excludes halogenated alkanes) is 1. The molecule has 3 saturated carbocycles. The Bertz CT molecular complexity index is 197. The van der Waals surface area contributed by atoms with E-state index in [1.54, 1.807) is 6.92 Å². The number of rotatable bonds is 4. The quantitative estimate of drug-likeness (QED) is 0.627. The highest BCUT2D eigenvalue weighted by atomic mass is 16.1. The van der Waals surface area contributed by atoms with Gasteiger partial charge < -0.3 is 0 Å². The zero-order chi connectivity index (χ0) is 8.82. The molecule has 0 unspecified atom stereocenters. The molecule has 0 aliphatic heterocycles. The second-order valence-corrected chi connectivity index (χ2v) is 4.97. The Morgan fingerprint density at radius 2 is 1.92 bits per heavy atom. The van der Waals surface area contributed by atoms with Gasteiger partial charge in [-0.25, -0.2) is 0 Å². The van der Waals surface area contributed by atoms with Crippen LogP contribution in [0.15, 0.2) is 0 Å². The molecule has 1 nitrogen and oxygen atoms in total. The van der Waals surface area contributed by atoms with Gasteiger partial charge in [0.15, 0.2) is 0 Å². The minimum absolute atomic E-state index is 0.188. The molecule has 0 N–H and O–H groups in total. The van der Waals surface area contributed by atoms with Crippen LogP contribution in [0.4, 0.5) is 0 Å². The Labute approximate surface area is 74.5 Å². The van der Waals surface area contributed by atoms with Gasteiger partial charge in [-0.2, -0.15) is 0 Å². The molecule has 68 valence electrons. The molecule has 0 aromatic heterocycles. The van der Waals surface area contributed by atoms with Crippen LogP contribution in [0.2, 0.25) is 0 Å². The first-order valence-electron chi connectivity index (χ1n) is 5.14. The maximum Gasteiger partial charge on any atom is 0.136 e. The molecule has 2 bridgehead atoms. The summed E-state index contributed by atoms with van der Waals surface area (Å²) in [7, 11) is 0. The molecule has 0 amide bonds. The lowest BCUT2D eigenvalue weighted by Gasteiger charge is -2.70. The standard InChI is InChI=1S/C11H18O/c1-3-4-5-10-6-11(7-10,8-10)9(2)12/h3-8H2,1-2H3. The smallest absolute Gasteiger partial charge is 0.136 e. The van der Waals surface area contributed by atoms with Crippen LogP contribution in [0.3, 0.4) is 0 Å². The predicted molar refractivity (Wildman–Crippen MR) is 48.9 cm³/mol. The molecule has 1 heteroatoms. The summed E-state index contributed by atoms with van der Waals surface area (Å²) in [4.78, 5) is 11.2. The third kappa shape index (κ3) is 0.884. The van der Waals surface area contributed by atoms with Crippen molar-refractivity contribution in [2.24, 2.45) is 10.8 Å². The molecule has 3 rings (SSSR count). The Morgan fingerprint density at radius 3 is 2.33 bits per heavy atom. The summed E-state index contributed by atoms with van der Waals surface area (Å²) in [5.74, 6) is 0.445. The van der Waals surface area contributed by atoms with Crippen LogP contribution in [0.25, 0.3) is 0 Å². The van der Waals surface area contributed by atoms with Gasteiger partial charge in [0.1, 0.15) is 5.78 Å². The van der Waals surface area contributed by atoms with E-state index in [9.17, 15) is 4.79 Å². The van der Waals surface area contributed by atoms with Crippen molar-refractivity contribution in [1.82, 2.24) is 0 Å². The number of hydrogen-bond donors (Lipinski definition) is 0. The molecular weight excluding hydrogens is 148 g/mol. The zero-order valence-corrected chi connectivity index (χ0v) is 8.15. The number of Topliss-reactive ketones (excluding diaryl/α,β-unsaturated/α-hetero) is 1. The van der Waals surface area contributed by atoms with Gasteiger partial charge in [-0.3, -0.25) is 4.79 Å². The first-order chi connectivity index (χ1) is 5.63. The minimum Gasteiger partial charge on any atom is -0.299 e. The van der Waals surface area contributed by atoms with Crippen LogP contribution in [0.1, 0.15) is 52.4 Å². The summed E-state index contributed by atoms with van der Waals surface area (Å²) >= 11 is 0. The average Bonchev–Trinajstić information content (AvgIpc) is 1.81. The summed E-state index contributed by atoms with van der Waals surface area (Å²) in [6.45, 7) is 4.01. The molecular formula is C11H18O. The summed E-state index contributed by atoms with van der Waals surface area (Å²) in [6, 6.07) is 0. The minimum atomic E-state index is 0.188. The summed E-state index contributed by atoms with van der Waals surface area (Å²) in [5, 5.41) is 0. The van der Waals surface area contributed by atoms with Gasteiger partial charge in [0.25, 0.3) is 0 Å². The average molecular weight is 166 g/mol. The lowest BCUT2D eigenvalue weighted by molar-refractivity contribution is -0.206. The van der Waals surface area contributed by atoms with Gasteiger partial charge in [0.05, 0.1) is 0 Å². The molecule has 0 radical (unpaired) electrons. The van der Waals surface area contributed by atoms with Gasteiger partial charge in [0, 0.05) is 5.41 Å². The van der Waals surface area contributed by atoms with Crippen molar-refractivity contribution >= 4 is 5.78 Å². The maximum atomic E-state index is 11.2. The van der Waals surface area contributed by atoms with Crippen LogP contribution >= 0.6 is 0 Å². The van der Waals surface area contributed by atoms with Gasteiger partial charge in [-0.05, 0) is 38.0 Å². The molecule has 0 saturated heterocycles. The SMILES string of the molecule is CCCCC12CC(C(C)=O)(C1)C2. The van der Waals surface area contributed by atoms with Crippen LogP contribution in [-0.4, -0.2) is 5.78 Å². The first kappa shape index (κ1) is 8.28. The van der Waals surface area contributed by atoms with Crippen molar-refractivity contribution in [2.75, 3.05) is 0 Å². The summed E-state index contributed by atoms with van der Waals surface area (Å²) in [6.07, 6.45) is 7.68. The number of carbonyl (C=O) groups is 1. The molecule has 12 heavy (non-hydrogen) atoms. The lowest BCUT2D eigenvalue weighted by Crippen LogP contribution is -2.64. The fraction of sp³-hybridized carbons (Fsp3) is 0.909. The van der Waals surface area contributed by atoms with E-state index >= 15 is 0 Å². The van der Waals surface area contributed by atoms with E-state index in [1.807, 2.05) is 0 Å². The van der Waals surface area contributed by atoms with E-state index in [2.05, 4.69) is 6.92 Å². The van der Waals surface area contributed by atoms with E-state index < -0.39 is 0 Å². The molecule has 0 heterocycles. The maximum absolute atomic E-state index is 11.2. The highest BCUT2D eigenvalue weighted by molar-refractivity contribution is 5.86. The van der Waals surface area contributed by atoms with E-state index in [4.69, 9.17) is 0 Å². The van der Waals surface area contributed by atoms with Crippen molar-refractivity contribution in [2.45, 2.75) is 52.4 Å². The molecule has 3 fully saturated rings. The van der Waals surface area contributed by atoms with Crippen LogP contribution in [0.5, 0.6) is 0 Å². The second kappa shape index (κ2) is 2.34. The van der Waals surface area contributed by atoms with Crippen LogP contribution in [0, 0.1) is 10.8 Å². The Morgan fingerprint density at radius 1 is 1.33 bits per heavy atom. The predicted octanol–water partition coefficient (Wildman–Crippen LogP) is 2.94. The highest BCUT2D eigenvalue weighted by Crippen LogP contribution is 2.75. The van der Waals surface area contributed by atoms with E-state index in [0.29, 0.717) is 11.2 Å². The van der Waals surface area contributed by atoms with Gasteiger partial charge in [-0.15, -0.1) is 0 Å². The number of ketones is 1. The lowest BCUT2D eigenvalue weighted by atomic mass is 9.33. The molecule has 0 atom stereocenters. The third-order valence-electron chi connectivity index (χ3n) is 3.95. The van der Waals surface area contributed by atoms with Crippen LogP contribution in [-0.2, 0) is 4.79 Å². The summed E-state index contributed by atoms with van der Waals surface area (Å²) < 4.78 is 0. The Kier molecular flexibility index (Phi) is 1.61. The van der Waals surface area contributed by atoms with Gasteiger partial charge >= 0.3 is 0 Å². The zero-order valence-electron chi connectivity index (χ0n) is 8.15. The Balaban J connectivity index is 1.83. The molecule has 0 aromatic carbocycles. The normalized spacial score (nSPS) is 43.2. The summed E-state index contributed by atoms with van der Waals surface area (Å²) in [5.41, 5.74) is 0.829.